The molecule has 0 aliphatic rings. The van der Waals surface area contributed by atoms with Crippen LogP contribution in [0.25, 0.3) is 0 Å². The van der Waals surface area contributed by atoms with Crippen LogP contribution >= 0.6 is 12.4 Å². The SMILES string of the molecule is CCOC(=O)Nc1cc(N)c(N)c(NC(c2ccccc2)c2ccccc2)n1.Cl. The van der Waals surface area contributed by atoms with E-state index in [-0.39, 0.29) is 30.9 Å². The van der Waals surface area contributed by atoms with Gasteiger partial charge in [0.15, 0.2) is 5.82 Å². The Morgan fingerprint density at radius 1 is 1.03 bits per heavy atom. The number of halogens is 1. The van der Waals surface area contributed by atoms with E-state index in [1.54, 1.807) is 6.92 Å². The van der Waals surface area contributed by atoms with Gasteiger partial charge in [-0.15, -0.1) is 12.4 Å². The van der Waals surface area contributed by atoms with Gasteiger partial charge in [-0.1, -0.05) is 60.7 Å². The Morgan fingerprint density at radius 2 is 1.59 bits per heavy atom. The van der Waals surface area contributed by atoms with Gasteiger partial charge in [-0.25, -0.2) is 9.78 Å². The summed E-state index contributed by atoms with van der Waals surface area (Å²) in [6, 6.07) is 21.2. The van der Waals surface area contributed by atoms with Crippen LogP contribution in [0.5, 0.6) is 0 Å². The van der Waals surface area contributed by atoms with Crippen LogP contribution in [0.1, 0.15) is 24.1 Å². The van der Waals surface area contributed by atoms with Crippen molar-refractivity contribution in [1.82, 2.24) is 4.98 Å². The average Bonchev–Trinajstić information content (AvgIpc) is 2.71. The van der Waals surface area contributed by atoms with Crippen molar-refractivity contribution in [3.8, 4) is 0 Å². The lowest BCUT2D eigenvalue weighted by molar-refractivity contribution is 0.168. The molecule has 0 spiro atoms. The van der Waals surface area contributed by atoms with Crippen molar-refractivity contribution >= 4 is 41.5 Å². The van der Waals surface area contributed by atoms with Crippen LogP contribution in [0.4, 0.5) is 27.8 Å². The smallest absolute Gasteiger partial charge is 0.412 e. The van der Waals surface area contributed by atoms with Gasteiger partial charge in [-0.3, -0.25) is 5.32 Å². The van der Waals surface area contributed by atoms with Crippen LogP contribution in [0.3, 0.4) is 0 Å². The van der Waals surface area contributed by atoms with Crippen molar-refractivity contribution in [2.45, 2.75) is 13.0 Å². The first kappa shape index (κ1) is 21.8. The molecule has 0 radical (unpaired) electrons. The molecule has 0 aliphatic heterocycles. The van der Waals surface area contributed by atoms with E-state index in [0.717, 1.165) is 11.1 Å². The maximum absolute atomic E-state index is 11.7. The van der Waals surface area contributed by atoms with Crippen LogP contribution in [0.15, 0.2) is 66.7 Å². The van der Waals surface area contributed by atoms with Crippen molar-refractivity contribution in [3.63, 3.8) is 0 Å². The number of nitrogen functional groups attached to an aromatic ring is 2. The molecule has 1 heterocycles. The molecule has 29 heavy (non-hydrogen) atoms. The van der Waals surface area contributed by atoms with Crippen molar-refractivity contribution in [2.75, 3.05) is 28.7 Å². The van der Waals surface area contributed by atoms with Crippen LogP contribution in [-0.2, 0) is 4.74 Å². The highest BCUT2D eigenvalue weighted by Crippen LogP contribution is 2.32. The topological polar surface area (TPSA) is 115 Å². The zero-order valence-electron chi connectivity index (χ0n) is 16.0. The Bertz CT molecular complexity index is 899. The van der Waals surface area contributed by atoms with E-state index in [4.69, 9.17) is 16.2 Å². The van der Waals surface area contributed by atoms with Crippen LogP contribution in [0.2, 0.25) is 0 Å². The van der Waals surface area contributed by atoms with Gasteiger partial charge >= 0.3 is 6.09 Å². The van der Waals surface area contributed by atoms with Crippen molar-refractivity contribution < 1.29 is 9.53 Å². The van der Waals surface area contributed by atoms with Gasteiger partial charge in [-0.05, 0) is 18.1 Å². The highest BCUT2D eigenvalue weighted by atomic mass is 35.5. The van der Waals surface area contributed by atoms with E-state index < -0.39 is 6.09 Å². The zero-order valence-corrected chi connectivity index (χ0v) is 16.8. The number of amides is 1. The summed E-state index contributed by atoms with van der Waals surface area (Å²) >= 11 is 0. The first-order valence-corrected chi connectivity index (χ1v) is 8.94. The third kappa shape index (κ3) is 5.52. The molecule has 0 saturated carbocycles. The Kier molecular flexibility index (Phi) is 7.68. The predicted octanol–water partition coefficient (Wildman–Crippen LogP) is 4.44. The summed E-state index contributed by atoms with van der Waals surface area (Å²) < 4.78 is 4.89. The van der Waals surface area contributed by atoms with E-state index in [2.05, 4.69) is 15.6 Å². The number of ether oxygens (including phenoxy) is 1. The third-order valence-electron chi connectivity index (χ3n) is 4.14. The Hall–Kier alpha value is -3.45. The minimum absolute atomic E-state index is 0. The normalized spacial score (nSPS) is 10.1. The second-order valence-electron chi connectivity index (χ2n) is 6.10. The number of nitrogens with zero attached hydrogens (tertiary/aromatic N) is 1. The largest absolute Gasteiger partial charge is 0.450 e. The van der Waals surface area contributed by atoms with Gasteiger partial charge in [-0.2, -0.15) is 0 Å². The number of hydrogen-bond acceptors (Lipinski definition) is 6. The van der Waals surface area contributed by atoms with E-state index in [1.807, 2.05) is 60.7 Å². The molecule has 0 aliphatic carbocycles. The molecule has 0 saturated heterocycles. The molecule has 3 rings (SSSR count). The van der Waals surface area contributed by atoms with Crippen molar-refractivity contribution in [2.24, 2.45) is 0 Å². The number of aromatic nitrogens is 1. The molecule has 7 nitrogen and oxygen atoms in total. The van der Waals surface area contributed by atoms with Crippen LogP contribution < -0.4 is 22.1 Å². The number of carbonyl (C=O) groups is 1. The summed E-state index contributed by atoms with van der Waals surface area (Å²) in [5.41, 5.74) is 14.9. The summed E-state index contributed by atoms with van der Waals surface area (Å²) in [4.78, 5) is 16.1. The molecule has 1 amide bonds. The molecule has 3 aromatic rings. The van der Waals surface area contributed by atoms with Crippen molar-refractivity contribution in [3.05, 3.63) is 77.9 Å². The molecule has 8 heteroatoms. The predicted molar refractivity (Wildman–Crippen MR) is 119 cm³/mol. The van der Waals surface area contributed by atoms with Crippen LogP contribution in [0, 0.1) is 0 Å². The molecular weight excluding hydrogens is 390 g/mol. The molecular formula is C21H24ClN5O2. The number of carbonyl (C=O) groups excluding carboxylic acids is 1. The van der Waals surface area contributed by atoms with Crippen LogP contribution in [-0.4, -0.2) is 17.7 Å². The Balaban J connectivity index is 0.00000300. The lowest BCUT2D eigenvalue weighted by atomic mass is 9.98. The Labute approximate surface area is 175 Å². The third-order valence-corrected chi connectivity index (χ3v) is 4.14. The summed E-state index contributed by atoms with van der Waals surface area (Å²) in [5, 5.41) is 5.91. The monoisotopic (exact) mass is 413 g/mol. The fourth-order valence-electron chi connectivity index (χ4n) is 2.81. The second-order valence-corrected chi connectivity index (χ2v) is 6.10. The van der Waals surface area contributed by atoms with Gasteiger partial charge in [0.1, 0.15) is 5.82 Å². The highest BCUT2D eigenvalue weighted by molar-refractivity contribution is 5.87. The van der Waals surface area contributed by atoms with Gasteiger partial charge in [0.25, 0.3) is 0 Å². The number of benzene rings is 2. The maximum atomic E-state index is 11.7. The second kappa shape index (κ2) is 10.2. The quantitative estimate of drug-likeness (QED) is 0.475. The van der Waals surface area contributed by atoms with E-state index in [1.165, 1.54) is 6.07 Å². The van der Waals surface area contributed by atoms with E-state index in [0.29, 0.717) is 17.2 Å². The Morgan fingerprint density at radius 3 is 2.10 bits per heavy atom. The standard InChI is InChI=1S/C21H23N5O2.ClH/c1-2-28-21(27)25-17-13-16(22)18(23)20(24-17)26-19(14-9-5-3-6-10-14)15-11-7-4-8-12-15;/h3-13,19H,2,23H2,1H3,(H4,22,24,25,26,27);1H. The minimum atomic E-state index is -0.604. The molecule has 0 unspecified atom stereocenters. The van der Waals surface area contributed by atoms with Crippen molar-refractivity contribution in [1.29, 1.82) is 0 Å². The average molecular weight is 414 g/mol. The lowest BCUT2D eigenvalue weighted by Crippen LogP contribution is -2.18. The number of nitrogens with one attached hydrogen (secondary N) is 2. The number of anilines is 4. The summed E-state index contributed by atoms with van der Waals surface area (Å²) in [6.45, 7) is 1.98. The fourth-order valence-corrected chi connectivity index (χ4v) is 2.81. The molecule has 0 bridgehead atoms. The molecule has 1 aromatic heterocycles. The summed E-state index contributed by atoms with van der Waals surface area (Å²) in [6.07, 6.45) is -0.604. The first-order chi connectivity index (χ1) is 13.6. The highest BCUT2D eigenvalue weighted by Gasteiger charge is 2.18. The molecule has 2 aromatic carbocycles. The first-order valence-electron chi connectivity index (χ1n) is 8.94. The number of pyridine rings is 1. The number of hydrogen-bond donors (Lipinski definition) is 4. The van der Waals surface area contributed by atoms with Gasteiger partial charge in [0.05, 0.1) is 24.0 Å². The molecule has 6 N–H and O–H groups in total. The molecule has 0 atom stereocenters. The van der Waals surface area contributed by atoms with E-state index >= 15 is 0 Å². The zero-order chi connectivity index (χ0) is 19.9. The van der Waals surface area contributed by atoms with Gasteiger partial charge in [0.2, 0.25) is 0 Å². The fraction of sp³-hybridized carbons (Fsp3) is 0.143. The van der Waals surface area contributed by atoms with Gasteiger partial charge < -0.3 is 21.5 Å². The summed E-state index contributed by atoms with van der Waals surface area (Å²) in [5.74, 6) is 0.636. The van der Waals surface area contributed by atoms with Gasteiger partial charge in [0, 0.05) is 6.07 Å². The lowest BCUT2D eigenvalue weighted by Gasteiger charge is -2.22. The van der Waals surface area contributed by atoms with E-state index in [9.17, 15) is 4.79 Å². The molecule has 0 fully saturated rings. The summed E-state index contributed by atoms with van der Waals surface area (Å²) in [7, 11) is 0. The number of nitrogens with two attached hydrogens (primary N) is 2. The molecule has 152 valence electrons. The number of rotatable bonds is 6. The minimum Gasteiger partial charge on any atom is -0.450 e. The maximum Gasteiger partial charge on any atom is 0.412 e.